The van der Waals surface area contributed by atoms with Gasteiger partial charge in [-0.05, 0) is 42.7 Å². The Morgan fingerprint density at radius 3 is 2.37 bits per heavy atom. The summed E-state index contributed by atoms with van der Waals surface area (Å²) in [6.07, 6.45) is 0.812. The molecule has 0 saturated heterocycles. The molecule has 0 spiro atoms. The molecule has 0 aliphatic carbocycles. The Hall–Kier alpha value is -2.82. The van der Waals surface area contributed by atoms with Gasteiger partial charge in [-0.1, -0.05) is 51.1 Å². The van der Waals surface area contributed by atoms with Gasteiger partial charge in [-0.15, -0.1) is 0 Å². The Bertz CT molecular complexity index is 794. The van der Waals surface area contributed by atoms with Crippen LogP contribution in [0.3, 0.4) is 0 Å². The lowest BCUT2D eigenvalue weighted by Crippen LogP contribution is -2.31. The number of rotatable bonds is 7. The SMILES string of the molecule is Cc1ccccc1CCNC(=O)CNc1cccc(NC(=O)C(C)(C)C)c1. The minimum Gasteiger partial charge on any atom is -0.376 e. The van der Waals surface area contributed by atoms with E-state index in [1.165, 1.54) is 11.1 Å². The van der Waals surface area contributed by atoms with Crippen LogP contribution < -0.4 is 16.0 Å². The van der Waals surface area contributed by atoms with Crippen molar-refractivity contribution in [3.63, 3.8) is 0 Å². The minimum atomic E-state index is -0.458. The molecule has 2 amide bonds. The summed E-state index contributed by atoms with van der Waals surface area (Å²) >= 11 is 0. The molecule has 0 atom stereocenters. The number of aryl methyl sites for hydroxylation is 1. The van der Waals surface area contributed by atoms with Crippen LogP contribution in [0.15, 0.2) is 48.5 Å². The quantitative estimate of drug-likeness (QED) is 0.698. The maximum absolute atomic E-state index is 12.1. The lowest BCUT2D eigenvalue weighted by molar-refractivity contribution is -0.123. The fourth-order valence-electron chi connectivity index (χ4n) is 2.50. The van der Waals surface area contributed by atoms with Crippen molar-refractivity contribution >= 4 is 23.2 Å². The molecule has 0 bridgehead atoms. The van der Waals surface area contributed by atoms with Crippen molar-refractivity contribution in [2.75, 3.05) is 23.7 Å². The molecule has 3 N–H and O–H groups in total. The predicted molar refractivity (Wildman–Crippen MR) is 111 cm³/mol. The summed E-state index contributed by atoms with van der Waals surface area (Å²) < 4.78 is 0. The monoisotopic (exact) mass is 367 g/mol. The molecule has 2 aromatic rings. The van der Waals surface area contributed by atoms with Crippen LogP contribution in [0.5, 0.6) is 0 Å². The van der Waals surface area contributed by atoms with Gasteiger partial charge >= 0.3 is 0 Å². The first-order valence-electron chi connectivity index (χ1n) is 9.22. The number of anilines is 2. The highest BCUT2D eigenvalue weighted by Gasteiger charge is 2.21. The van der Waals surface area contributed by atoms with E-state index in [-0.39, 0.29) is 18.4 Å². The van der Waals surface area contributed by atoms with E-state index in [0.29, 0.717) is 12.2 Å². The standard InChI is InChI=1S/C22H29N3O2/c1-16-8-5-6-9-17(16)12-13-23-20(26)15-24-18-10-7-11-19(14-18)25-21(27)22(2,3)4/h5-11,14,24H,12-13,15H2,1-4H3,(H,23,26)(H,25,27). The number of amides is 2. The molecule has 2 rings (SSSR count). The van der Waals surface area contributed by atoms with Crippen LogP contribution in [-0.2, 0) is 16.0 Å². The van der Waals surface area contributed by atoms with E-state index < -0.39 is 5.41 Å². The smallest absolute Gasteiger partial charge is 0.239 e. The molecule has 144 valence electrons. The van der Waals surface area contributed by atoms with Crippen molar-refractivity contribution < 1.29 is 9.59 Å². The number of carbonyl (C=O) groups excluding carboxylic acids is 2. The van der Waals surface area contributed by atoms with Crippen LogP contribution in [0, 0.1) is 12.3 Å². The number of benzene rings is 2. The minimum absolute atomic E-state index is 0.0476. The van der Waals surface area contributed by atoms with Gasteiger partial charge in [0.1, 0.15) is 0 Å². The third kappa shape index (κ3) is 6.77. The van der Waals surface area contributed by atoms with Crippen LogP contribution in [0.1, 0.15) is 31.9 Å². The van der Waals surface area contributed by atoms with Crippen molar-refractivity contribution in [3.05, 3.63) is 59.7 Å². The van der Waals surface area contributed by atoms with Gasteiger partial charge in [0.25, 0.3) is 0 Å². The number of nitrogens with one attached hydrogen (secondary N) is 3. The van der Waals surface area contributed by atoms with Crippen molar-refractivity contribution in [1.82, 2.24) is 5.32 Å². The maximum Gasteiger partial charge on any atom is 0.239 e. The summed E-state index contributed by atoms with van der Waals surface area (Å²) in [5.74, 6) is -0.110. The zero-order valence-corrected chi connectivity index (χ0v) is 16.6. The maximum atomic E-state index is 12.1. The highest BCUT2D eigenvalue weighted by Crippen LogP contribution is 2.19. The number of carbonyl (C=O) groups is 2. The third-order valence-electron chi connectivity index (χ3n) is 4.23. The van der Waals surface area contributed by atoms with Crippen LogP contribution in [-0.4, -0.2) is 24.9 Å². The molecule has 5 nitrogen and oxygen atoms in total. The molecule has 5 heteroatoms. The lowest BCUT2D eigenvalue weighted by atomic mass is 9.95. The molecule has 0 unspecified atom stereocenters. The molecule has 27 heavy (non-hydrogen) atoms. The Morgan fingerprint density at radius 2 is 1.67 bits per heavy atom. The lowest BCUT2D eigenvalue weighted by Gasteiger charge is -2.18. The molecule has 0 saturated carbocycles. The molecule has 0 aliphatic heterocycles. The molecule has 2 aromatic carbocycles. The van der Waals surface area contributed by atoms with E-state index in [1.807, 2.05) is 57.2 Å². The topological polar surface area (TPSA) is 70.2 Å². The second-order valence-corrected chi connectivity index (χ2v) is 7.66. The van der Waals surface area contributed by atoms with Gasteiger partial charge in [-0.25, -0.2) is 0 Å². The van der Waals surface area contributed by atoms with Crippen molar-refractivity contribution in [1.29, 1.82) is 0 Å². The van der Waals surface area contributed by atoms with Gasteiger partial charge in [0, 0.05) is 23.3 Å². The van der Waals surface area contributed by atoms with E-state index in [4.69, 9.17) is 0 Å². The number of hydrogen-bond acceptors (Lipinski definition) is 3. The second kappa shape index (κ2) is 9.21. The number of hydrogen-bond donors (Lipinski definition) is 3. The van der Waals surface area contributed by atoms with Crippen LogP contribution in [0.25, 0.3) is 0 Å². The Morgan fingerprint density at radius 1 is 0.963 bits per heavy atom. The van der Waals surface area contributed by atoms with Crippen LogP contribution in [0.4, 0.5) is 11.4 Å². The van der Waals surface area contributed by atoms with Gasteiger partial charge in [0.15, 0.2) is 0 Å². The van der Waals surface area contributed by atoms with Crippen molar-refractivity contribution in [3.8, 4) is 0 Å². The molecular formula is C22H29N3O2. The van der Waals surface area contributed by atoms with E-state index in [0.717, 1.165) is 12.1 Å². The Labute approximate surface area is 161 Å². The summed E-state index contributed by atoms with van der Waals surface area (Å²) in [6, 6.07) is 15.5. The van der Waals surface area contributed by atoms with Gasteiger partial charge in [-0.3, -0.25) is 9.59 Å². The van der Waals surface area contributed by atoms with Crippen molar-refractivity contribution in [2.45, 2.75) is 34.1 Å². The fourth-order valence-corrected chi connectivity index (χ4v) is 2.50. The van der Waals surface area contributed by atoms with E-state index >= 15 is 0 Å². The molecule has 0 radical (unpaired) electrons. The summed E-state index contributed by atoms with van der Waals surface area (Å²) in [5, 5.41) is 8.91. The zero-order valence-electron chi connectivity index (χ0n) is 16.6. The third-order valence-corrected chi connectivity index (χ3v) is 4.23. The van der Waals surface area contributed by atoms with E-state index in [2.05, 4.69) is 35.0 Å². The van der Waals surface area contributed by atoms with E-state index in [9.17, 15) is 9.59 Å². The molecule has 0 fully saturated rings. The normalized spacial score (nSPS) is 11.0. The van der Waals surface area contributed by atoms with Crippen LogP contribution >= 0.6 is 0 Å². The summed E-state index contributed by atoms with van der Waals surface area (Å²) in [5.41, 5.74) is 3.52. The van der Waals surface area contributed by atoms with Gasteiger partial charge in [0.2, 0.25) is 11.8 Å². The molecule has 0 aliphatic rings. The van der Waals surface area contributed by atoms with Crippen LogP contribution in [0.2, 0.25) is 0 Å². The van der Waals surface area contributed by atoms with Gasteiger partial charge in [0.05, 0.1) is 6.54 Å². The fraction of sp³-hybridized carbons (Fsp3) is 0.364. The van der Waals surface area contributed by atoms with Crippen molar-refractivity contribution in [2.24, 2.45) is 5.41 Å². The Kier molecular flexibility index (Phi) is 6.99. The average Bonchev–Trinajstić information content (AvgIpc) is 2.61. The molecule has 0 aromatic heterocycles. The second-order valence-electron chi connectivity index (χ2n) is 7.66. The molecular weight excluding hydrogens is 338 g/mol. The first-order valence-corrected chi connectivity index (χ1v) is 9.22. The Balaban J connectivity index is 1.79. The predicted octanol–water partition coefficient (Wildman–Crippen LogP) is 3.75. The molecule has 0 heterocycles. The highest BCUT2D eigenvalue weighted by atomic mass is 16.2. The first-order chi connectivity index (χ1) is 12.8. The van der Waals surface area contributed by atoms with E-state index in [1.54, 1.807) is 0 Å². The summed E-state index contributed by atoms with van der Waals surface area (Å²) in [4.78, 5) is 24.1. The van der Waals surface area contributed by atoms with Gasteiger partial charge < -0.3 is 16.0 Å². The largest absolute Gasteiger partial charge is 0.376 e. The summed E-state index contributed by atoms with van der Waals surface area (Å²) in [6.45, 7) is 8.46. The average molecular weight is 367 g/mol. The first kappa shape index (κ1) is 20.5. The highest BCUT2D eigenvalue weighted by molar-refractivity contribution is 5.95. The summed E-state index contributed by atoms with van der Waals surface area (Å²) in [7, 11) is 0. The van der Waals surface area contributed by atoms with Gasteiger partial charge in [-0.2, -0.15) is 0 Å². The zero-order chi connectivity index (χ0) is 19.9.